The van der Waals surface area contributed by atoms with E-state index in [4.69, 9.17) is 0 Å². The first-order valence-corrected chi connectivity index (χ1v) is 3.54. The first-order chi connectivity index (χ1) is 5.36. The quantitative estimate of drug-likeness (QED) is 0.678. The van der Waals surface area contributed by atoms with Gasteiger partial charge >= 0.3 is 0 Å². The fourth-order valence-corrected chi connectivity index (χ4v) is 1.11. The van der Waals surface area contributed by atoms with E-state index in [1.807, 2.05) is 36.4 Å². The van der Waals surface area contributed by atoms with Crippen molar-refractivity contribution in [1.82, 2.24) is 4.98 Å². The minimum absolute atomic E-state index is 0. The molecule has 0 amide bonds. The molecule has 0 aliphatic heterocycles. The summed E-state index contributed by atoms with van der Waals surface area (Å²) in [6.07, 6.45) is 0. The molecule has 2 rings (SSSR count). The van der Waals surface area contributed by atoms with Gasteiger partial charge in [-0.2, -0.15) is 6.07 Å². The average molecular weight is 326 g/mol. The van der Waals surface area contributed by atoms with E-state index in [0.717, 1.165) is 11.2 Å². The molecule has 0 saturated carbocycles. The summed E-state index contributed by atoms with van der Waals surface area (Å²) in [5, 5.41) is 1.17. The molecular formula is C10H8NW-. The second kappa shape index (κ2) is 3.73. The van der Waals surface area contributed by atoms with Crippen LogP contribution in [0.3, 0.4) is 0 Å². The number of hydrogen-bond donors (Lipinski definition) is 0. The van der Waals surface area contributed by atoms with Crippen molar-refractivity contribution in [2.24, 2.45) is 0 Å². The van der Waals surface area contributed by atoms with Gasteiger partial charge in [-0.15, -0.1) is 11.8 Å². The third-order valence-electron chi connectivity index (χ3n) is 1.66. The van der Waals surface area contributed by atoms with E-state index >= 15 is 0 Å². The van der Waals surface area contributed by atoms with Crippen LogP contribution in [0.15, 0.2) is 36.4 Å². The second-order valence-electron chi connectivity index (χ2n) is 2.50. The van der Waals surface area contributed by atoms with Crippen LogP contribution in [0.5, 0.6) is 0 Å². The summed E-state index contributed by atoms with van der Waals surface area (Å²) < 4.78 is 0. The summed E-state index contributed by atoms with van der Waals surface area (Å²) in [7, 11) is 0. The van der Waals surface area contributed by atoms with Crippen molar-refractivity contribution in [3.8, 4) is 0 Å². The molecule has 1 nitrogen and oxygen atoms in total. The van der Waals surface area contributed by atoms with Crippen molar-refractivity contribution < 1.29 is 21.1 Å². The number of pyridine rings is 1. The molecule has 2 heteroatoms. The van der Waals surface area contributed by atoms with Crippen LogP contribution in [-0.2, 0) is 21.1 Å². The van der Waals surface area contributed by atoms with Crippen LogP contribution in [-0.4, -0.2) is 4.98 Å². The average Bonchev–Trinajstić information content (AvgIpc) is 2.04. The summed E-state index contributed by atoms with van der Waals surface area (Å²) in [6, 6.07) is 12.0. The molecule has 60 valence electrons. The van der Waals surface area contributed by atoms with Crippen LogP contribution in [0.4, 0.5) is 0 Å². The Bertz CT molecular complexity index is 384. The monoisotopic (exact) mass is 326 g/mol. The van der Waals surface area contributed by atoms with Gasteiger partial charge in [0, 0.05) is 21.1 Å². The molecule has 0 aliphatic rings. The van der Waals surface area contributed by atoms with Crippen LogP contribution in [0, 0.1) is 6.92 Å². The molecular weight excluding hydrogens is 318 g/mol. The zero-order valence-electron chi connectivity index (χ0n) is 6.53. The van der Waals surface area contributed by atoms with E-state index in [9.17, 15) is 0 Å². The van der Waals surface area contributed by atoms with Crippen molar-refractivity contribution >= 4 is 10.9 Å². The Hall–Kier alpha value is -0.812. The molecule has 1 heterocycles. The Morgan fingerprint density at radius 1 is 1.00 bits per heavy atom. The zero-order valence-corrected chi connectivity index (χ0v) is 9.46. The number of fused-ring (bicyclic) bond motifs is 1. The van der Waals surface area contributed by atoms with Gasteiger partial charge in [-0.1, -0.05) is 18.2 Å². The van der Waals surface area contributed by atoms with E-state index < -0.39 is 0 Å². The van der Waals surface area contributed by atoms with E-state index in [1.165, 1.54) is 5.39 Å². The Labute approximate surface area is 86.1 Å². The zero-order chi connectivity index (χ0) is 7.68. The summed E-state index contributed by atoms with van der Waals surface area (Å²) >= 11 is 0. The van der Waals surface area contributed by atoms with Crippen molar-refractivity contribution in [3.05, 3.63) is 49.0 Å². The molecule has 0 aliphatic carbocycles. The molecule has 12 heavy (non-hydrogen) atoms. The number of benzene rings is 1. The van der Waals surface area contributed by atoms with Crippen LogP contribution in [0.1, 0.15) is 5.69 Å². The number of hydrogen-bond acceptors (Lipinski definition) is 1. The molecule has 1 aromatic heterocycles. The fraction of sp³-hybridized carbons (Fsp3) is 0. The van der Waals surface area contributed by atoms with Crippen LogP contribution >= 0.6 is 0 Å². The molecule has 0 fully saturated rings. The Kier molecular flexibility index (Phi) is 2.88. The number of aromatic nitrogens is 1. The van der Waals surface area contributed by atoms with Gasteiger partial charge in [0.25, 0.3) is 0 Å². The number of nitrogens with zero attached hydrogens (tertiary/aromatic N) is 1. The van der Waals surface area contributed by atoms with E-state index in [0.29, 0.717) is 0 Å². The minimum Gasteiger partial charge on any atom is -0.287 e. The molecule has 0 spiro atoms. The van der Waals surface area contributed by atoms with Gasteiger partial charge in [-0.05, 0) is 11.5 Å². The molecule has 0 N–H and O–H groups in total. The topological polar surface area (TPSA) is 12.9 Å². The van der Waals surface area contributed by atoms with Gasteiger partial charge in [0.1, 0.15) is 0 Å². The van der Waals surface area contributed by atoms with Gasteiger partial charge in [0.2, 0.25) is 0 Å². The molecule has 0 saturated heterocycles. The maximum atomic E-state index is 4.26. The van der Waals surface area contributed by atoms with E-state index in [1.54, 1.807) is 0 Å². The maximum Gasteiger partial charge on any atom is 0.0656 e. The third-order valence-corrected chi connectivity index (χ3v) is 1.66. The molecule has 1 aromatic carbocycles. The van der Waals surface area contributed by atoms with Gasteiger partial charge < -0.3 is 0 Å². The summed E-state index contributed by atoms with van der Waals surface area (Å²) in [5.74, 6) is 0. The van der Waals surface area contributed by atoms with Crippen molar-refractivity contribution in [1.29, 1.82) is 0 Å². The maximum absolute atomic E-state index is 4.26. The van der Waals surface area contributed by atoms with Crippen molar-refractivity contribution in [2.75, 3.05) is 0 Å². The molecule has 0 unspecified atom stereocenters. The SMILES string of the molecule is [CH2-]c1ccc2ccccc2n1.[W]. The summed E-state index contributed by atoms with van der Waals surface area (Å²) in [6.45, 7) is 3.76. The second-order valence-corrected chi connectivity index (χ2v) is 2.50. The summed E-state index contributed by atoms with van der Waals surface area (Å²) in [4.78, 5) is 4.26. The van der Waals surface area contributed by atoms with Gasteiger partial charge in [0.15, 0.2) is 0 Å². The van der Waals surface area contributed by atoms with Gasteiger partial charge in [0.05, 0.1) is 5.52 Å². The van der Waals surface area contributed by atoms with Crippen LogP contribution in [0.2, 0.25) is 0 Å². The van der Waals surface area contributed by atoms with Crippen LogP contribution < -0.4 is 0 Å². The van der Waals surface area contributed by atoms with Crippen molar-refractivity contribution in [2.45, 2.75) is 0 Å². The van der Waals surface area contributed by atoms with Gasteiger partial charge in [-0.3, -0.25) is 4.98 Å². The molecule has 2 aromatic rings. The van der Waals surface area contributed by atoms with Gasteiger partial charge in [-0.25, -0.2) is 6.92 Å². The standard InChI is InChI=1S/C10H8N.W/c1-8-6-7-9-4-2-3-5-10(9)11-8;/h2-7H,1H2;/q-1;. The molecule has 0 atom stereocenters. The Balaban J connectivity index is 0.000000720. The number of rotatable bonds is 0. The Morgan fingerprint density at radius 3 is 2.58 bits per heavy atom. The van der Waals surface area contributed by atoms with E-state index in [2.05, 4.69) is 11.9 Å². The van der Waals surface area contributed by atoms with Crippen LogP contribution in [0.25, 0.3) is 10.9 Å². The number of para-hydroxylation sites is 1. The van der Waals surface area contributed by atoms with E-state index in [-0.39, 0.29) is 21.1 Å². The minimum atomic E-state index is 0. The Morgan fingerprint density at radius 2 is 1.75 bits per heavy atom. The van der Waals surface area contributed by atoms with Crippen molar-refractivity contribution in [3.63, 3.8) is 0 Å². The molecule has 0 bridgehead atoms. The predicted molar refractivity (Wildman–Crippen MR) is 46.2 cm³/mol. The predicted octanol–water partition coefficient (Wildman–Crippen LogP) is 2.41. The first kappa shape index (κ1) is 9.28. The smallest absolute Gasteiger partial charge is 0.0656 e. The molecule has 0 radical (unpaired) electrons. The normalized spacial score (nSPS) is 9.33. The first-order valence-electron chi connectivity index (χ1n) is 3.54. The summed E-state index contributed by atoms with van der Waals surface area (Å²) in [5.41, 5.74) is 1.84. The fourth-order valence-electron chi connectivity index (χ4n) is 1.11. The largest absolute Gasteiger partial charge is 0.287 e. The third kappa shape index (κ3) is 1.67.